The third kappa shape index (κ3) is 5.87. The third-order valence-corrected chi connectivity index (χ3v) is 8.70. The van der Waals surface area contributed by atoms with Gasteiger partial charge in [-0.1, -0.05) is 24.3 Å². The molecule has 11 nitrogen and oxygen atoms in total. The molecule has 0 bridgehead atoms. The highest BCUT2D eigenvalue weighted by Gasteiger charge is 2.31. The molecule has 4 heterocycles. The van der Waals surface area contributed by atoms with Crippen molar-refractivity contribution in [2.45, 2.75) is 66.3 Å². The normalized spacial score (nSPS) is 14.2. The number of nitrogens with one attached hydrogen (secondary N) is 1. The highest BCUT2D eigenvalue weighted by molar-refractivity contribution is 6.27. The molecule has 2 aromatic carbocycles. The largest absolute Gasteiger partial charge is 0.444 e. The van der Waals surface area contributed by atoms with Gasteiger partial charge in [-0.05, 0) is 69.0 Å². The second-order valence-electron chi connectivity index (χ2n) is 12.7. The summed E-state index contributed by atoms with van der Waals surface area (Å²) in [6.45, 7) is 11.0. The predicted molar refractivity (Wildman–Crippen MR) is 173 cm³/mol. The summed E-state index contributed by atoms with van der Waals surface area (Å²) in [7, 11) is 1.83. The smallest absolute Gasteiger partial charge is 0.410 e. The molecule has 0 spiro atoms. The maximum absolute atomic E-state index is 13.6. The van der Waals surface area contributed by atoms with E-state index in [1.165, 1.54) is 0 Å². The van der Waals surface area contributed by atoms with Gasteiger partial charge in [0.15, 0.2) is 5.82 Å². The molecule has 3 amide bonds. The molecule has 0 unspecified atom stereocenters. The molecule has 4 aromatic rings. The van der Waals surface area contributed by atoms with Gasteiger partial charge in [0.25, 0.3) is 5.91 Å². The Balaban J connectivity index is 1.22. The number of amides is 3. The Morgan fingerprint density at radius 3 is 2.30 bits per heavy atom. The summed E-state index contributed by atoms with van der Waals surface area (Å²) >= 11 is 5.72. The number of benzene rings is 2. The van der Waals surface area contributed by atoms with Crippen LogP contribution in [0, 0.1) is 13.8 Å². The van der Waals surface area contributed by atoms with Crippen molar-refractivity contribution in [3.05, 3.63) is 76.2 Å². The van der Waals surface area contributed by atoms with Crippen molar-refractivity contribution in [2.75, 3.05) is 17.7 Å². The predicted octanol–water partition coefficient (Wildman–Crippen LogP) is 5.99. The van der Waals surface area contributed by atoms with Crippen LogP contribution >= 0.6 is 11.6 Å². The number of carbonyl (C=O) groups is 3. The van der Waals surface area contributed by atoms with Crippen LogP contribution in [-0.2, 0) is 42.6 Å². The molecule has 0 saturated carbocycles. The van der Waals surface area contributed by atoms with Gasteiger partial charge in [0.2, 0.25) is 11.8 Å². The van der Waals surface area contributed by atoms with Crippen LogP contribution in [0.2, 0.25) is 0 Å². The second kappa shape index (κ2) is 11.9. The van der Waals surface area contributed by atoms with Gasteiger partial charge < -0.3 is 28.8 Å². The Morgan fingerprint density at radius 1 is 0.935 bits per heavy atom. The lowest BCUT2D eigenvalue weighted by Crippen LogP contribution is -2.40. The van der Waals surface area contributed by atoms with Gasteiger partial charge in [-0.25, -0.2) is 14.8 Å². The SMILES string of the molecule is Cc1c(NC(=O)c2nc3c(n2C)CCN(C(=O)OC(C)(C)C)C3)cccc1-c1cccc(-c2nc3c(o2)CN(C(=O)CCl)C3)c1C. The summed E-state index contributed by atoms with van der Waals surface area (Å²) in [4.78, 5) is 50.8. The first kappa shape index (κ1) is 31.3. The summed E-state index contributed by atoms with van der Waals surface area (Å²) in [5.41, 5.74) is 7.12. The number of carbonyl (C=O) groups excluding carboxylic acids is 3. The van der Waals surface area contributed by atoms with Crippen molar-refractivity contribution in [3.63, 3.8) is 0 Å². The summed E-state index contributed by atoms with van der Waals surface area (Å²) in [6.07, 6.45) is 0.186. The molecular weight excluding hydrogens is 608 g/mol. The number of rotatable bonds is 5. The fraction of sp³-hybridized carbons (Fsp3) is 0.382. The van der Waals surface area contributed by atoms with Crippen LogP contribution in [-0.4, -0.2) is 60.3 Å². The summed E-state index contributed by atoms with van der Waals surface area (Å²) in [5, 5.41) is 3.06. The van der Waals surface area contributed by atoms with Crippen LogP contribution in [0.25, 0.3) is 22.6 Å². The second-order valence-corrected chi connectivity index (χ2v) is 13.0. The zero-order valence-corrected chi connectivity index (χ0v) is 27.6. The zero-order chi connectivity index (χ0) is 32.9. The van der Waals surface area contributed by atoms with Crippen molar-refractivity contribution in [2.24, 2.45) is 7.05 Å². The molecule has 0 radical (unpaired) electrons. The number of hydrogen-bond donors (Lipinski definition) is 1. The number of halogens is 1. The van der Waals surface area contributed by atoms with Crippen LogP contribution in [0.4, 0.5) is 10.5 Å². The van der Waals surface area contributed by atoms with E-state index >= 15 is 0 Å². The van der Waals surface area contributed by atoms with E-state index in [-0.39, 0.29) is 36.2 Å². The average molecular weight is 645 g/mol. The molecule has 2 aliphatic rings. The topological polar surface area (TPSA) is 123 Å². The lowest BCUT2D eigenvalue weighted by Gasteiger charge is -2.29. The molecule has 0 atom stereocenters. The maximum Gasteiger partial charge on any atom is 0.410 e. The molecule has 1 N–H and O–H groups in total. The Labute approximate surface area is 272 Å². The van der Waals surface area contributed by atoms with Gasteiger partial charge >= 0.3 is 6.09 Å². The number of alkyl halides is 1. The lowest BCUT2D eigenvalue weighted by molar-refractivity contribution is -0.129. The van der Waals surface area contributed by atoms with Crippen LogP contribution in [0.5, 0.6) is 0 Å². The van der Waals surface area contributed by atoms with E-state index in [0.29, 0.717) is 49.1 Å². The summed E-state index contributed by atoms with van der Waals surface area (Å²) in [6, 6.07) is 11.8. The molecule has 6 rings (SSSR count). The fourth-order valence-corrected chi connectivity index (χ4v) is 6.20. The van der Waals surface area contributed by atoms with E-state index in [4.69, 9.17) is 25.7 Å². The molecule has 2 aliphatic heterocycles. The van der Waals surface area contributed by atoms with E-state index in [9.17, 15) is 14.4 Å². The number of oxazole rings is 1. The summed E-state index contributed by atoms with van der Waals surface area (Å²) < 4.78 is 13.5. The van der Waals surface area contributed by atoms with Crippen LogP contribution in [0.1, 0.15) is 65.4 Å². The van der Waals surface area contributed by atoms with Gasteiger partial charge in [0, 0.05) is 37.0 Å². The van der Waals surface area contributed by atoms with Crippen molar-refractivity contribution in [1.29, 1.82) is 0 Å². The van der Waals surface area contributed by atoms with Crippen molar-refractivity contribution in [1.82, 2.24) is 24.3 Å². The molecule has 0 aliphatic carbocycles. The number of hydrogen-bond acceptors (Lipinski definition) is 7. The number of ether oxygens (including phenoxy) is 1. The van der Waals surface area contributed by atoms with Crippen LogP contribution in [0.3, 0.4) is 0 Å². The standard InChI is InChI=1S/C34H37ClN6O5/c1-19-21(9-7-11-23(19)32-38-26-17-41(29(42)15-35)18-28(26)45-32)22-10-8-12-24(20(22)2)37-31(43)30-36-25-16-40(14-13-27(25)39(30)6)33(44)46-34(3,4)5/h7-12H,13-18H2,1-6H3,(H,37,43). The number of fused-ring (bicyclic) bond motifs is 2. The van der Waals surface area contributed by atoms with Crippen molar-refractivity contribution in [3.8, 4) is 22.6 Å². The van der Waals surface area contributed by atoms with Crippen molar-refractivity contribution < 1.29 is 23.5 Å². The minimum Gasteiger partial charge on any atom is -0.444 e. The summed E-state index contributed by atoms with van der Waals surface area (Å²) in [5.74, 6) is 0.908. The molecular formula is C34H37ClN6O5. The minimum atomic E-state index is -0.593. The molecule has 240 valence electrons. The Morgan fingerprint density at radius 2 is 1.61 bits per heavy atom. The minimum absolute atomic E-state index is 0.0739. The molecule has 0 saturated heterocycles. The number of aromatic nitrogens is 3. The van der Waals surface area contributed by atoms with Gasteiger partial charge in [0.1, 0.15) is 22.9 Å². The third-order valence-electron chi connectivity index (χ3n) is 8.47. The molecule has 0 fully saturated rings. The Hall–Kier alpha value is -4.64. The van der Waals surface area contributed by atoms with Crippen LogP contribution < -0.4 is 5.32 Å². The quantitative estimate of drug-likeness (QED) is 0.265. The van der Waals surface area contributed by atoms with E-state index < -0.39 is 5.60 Å². The monoisotopic (exact) mass is 644 g/mol. The van der Waals surface area contributed by atoms with E-state index in [1.54, 1.807) is 9.80 Å². The highest BCUT2D eigenvalue weighted by Crippen LogP contribution is 2.37. The molecule has 46 heavy (non-hydrogen) atoms. The Kier molecular flexibility index (Phi) is 8.14. The number of imidazole rings is 1. The van der Waals surface area contributed by atoms with Gasteiger partial charge in [-0.3, -0.25) is 9.59 Å². The molecule has 2 aromatic heterocycles. The first-order valence-corrected chi connectivity index (χ1v) is 15.7. The van der Waals surface area contributed by atoms with Gasteiger partial charge in [0.05, 0.1) is 25.3 Å². The first-order valence-electron chi connectivity index (χ1n) is 15.2. The van der Waals surface area contributed by atoms with Gasteiger partial charge in [-0.2, -0.15) is 0 Å². The van der Waals surface area contributed by atoms with Gasteiger partial charge in [-0.15, -0.1) is 11.6 Å². The molecule has 12 heteroatoms. The average Bonchev–Trinajstić information content (AvgIpc) is 3.69. The number of anilines is 1. The highest BCUT2D eigenvalue weighted by atomic mass is 35.5. The first-order chi connectivity index (χ1) is 21.8. The Bertz CT molecular complexity index is 1850. The fourth-order valence-electron chi connectivity index (χ4n) is 6.03. The van der Waals surface area contributed by atoms with Crippen molar-refractivity contribution >= 4 is 35.2 Å². The lowest BCUT2D eigenvalue weighted by atomic mass is 9.93. The van der Waals surface area contributed by atoms with E-state index in [0.717, 1.165) is 39.2 Å². The zero-order valence-electron chi connectivity index (χ0n) is 26.9. The number of nitrogens with zero attached hydrogens (tertiary/aromatic N) is 5. The van der Waals surface area contributed by atoms with E-state index in [1.807, 2.05) is 82.6 Å². The van der Waals surface area contributed by atoms with E-state index in [2.05, 4.69) is 10.3 Å². The van der Waals surface area contributed by atoms with Crippen LogP contribution in [0.15, 0.2) is 40.8 Å². The maximum atomic E-state index is 13.6.